The predicted molar refractivity (Wildman–Crippen MR) is 127 cm³/mol. The fourth-order valence-electron chi connectivity index (χ4n) is 4.62. The highest BCUT2D eigenvalue weighted by atomic mass is 16.5. The molecule has 1 rings (SSSR count). The number of carboxylic acid groups (broad SMARTS) is 1. The van der Waals surface area contributed by atoms with Crippen LogP contribution in [-0.4, -0.2) is 97.4 Å². The van der Waals surface area contributed by atoms with Gasteiger partial charge in [-0.15, -0.1) is 0 Å². The Hall–Kier alpha value is -1.71. The molecule has 0 unspecified atom stereocenters. The zero-order chi connectivity index (χ0) is 25.3. The molecule has 9 nitrogen and oxygen atoms in total. The third-order valence-corrected chi connectivity index (χ3v) is 6.65. The second-order valence-electron chi connectivity index (χ2n) is 9.76. The second-order valence-corrected chi connectivity index (χ2v) is 9.76. The molecule has 192 valence electrons. The number of carboxylic acids is 1. The summed E-state index contributed by atoms with van der Waals surface area (Å²) in [5.41, 5.74) is 0. The van der Waals surface area contributed by atoms with Crippen LogP contribution in [0.2, 0.25) is 0 Å². The number of nitrogens with one attached hydrogen (secondary N) is 1. The lowest BCUT2D eigenvalue weighted by atomic mass is 9.90. The van der Waals surface area contributed by atoms with Gasteiger partial charge in [0, 0.05) is 27.2 Å². The molecule has 0 radical (unpaired) electrons. The van der Waals surface area contributed by atoms with Gasteiger partial charge < -0.3 is 24.8 Å². The Morgan fingerprint density at radius 3 is 2.09 bits per heavy atom. The number of aliphatic carboxylic acids is 1. The first-order valence-electron chi connectivity index (χ1n) is 12.1. The van der Waals surface area contributed by atoms with Crippen molar-refractivity contribution >= 4 is 17.8 Å². The average molecular weight is 472 g/mol. The fourth-order valence-corrected chi connectivity index (χ4v) is 4.62. The fraction of sp³-hybridized carbons (Fsp3) is 0.875. The summed E-state index contributed by atoms with van der Waals surface area (Å²) in [4.78, 5) is 42.1. The average Bonchev–Trinajstić information content (AvgIpc) is 2.76. The first-order chi connectivity index (χ1) is 15.5. The van der Waals surface area contributed by atoms with E-state index >= 15 is 0 Å². The Balaban J connectivity index is 3.12. The molecule has 9 heteroatoms. The molecule has 0 aromatic carbocycles. The zero-order valence-electron chi connectivity index (χ0n) is 21.7. The van der Waals surface area contributed by atoms with Crippen molar-refractivity contribution in [1.82, 2.24) is 15.1 Å². The minimum atomic E-state index is -0.977. The SMILES string of the molecule is CC[C@H](C)[C@@H]([C@@H](CC(=O)O)OC)N(C)C(=O)[C@@H](NC(=O)[C@H](C(C)C)N1CCOCC1)C(C)C. The van der Waals surface area contributed by atoms with Crippen molar-refractivity contribution in [3.8, 4) is 0 Å². The number of hydrogen-bond donors (Lipinski definition) is 2. The van der Waals surface area contributed by atoms with E-state index in [2.05, 4.69) is 10.2 Å². The van der Waals surface area contributed by atoms with Crippen LogP contribution in [0.5, 0.6) is 0 Å². The molecule has 33 heavy (non-hydrogen) atoms. The van der Waals surface area contributed by atoms with E-state index in [4.69, 9.17) is 9.47 Å². The van der Waals surface area contributed by atoms with E-state index in [1.807, 2.05) is 41.5 Å². The van der Waals surface area contributed by atoms with Gasteiger partial charge in [-0.25, -0.2) is 0 Å². The number of methoxy groups -OCH3 is 1. The monoisotopic (exact) mass is 471 g/mol. The third-order valence-electron chi connectivity index (χ3n) is 6.65. The molecule has 1 heterocycles. The van der Waals surface area contributed by atoms with Gasteiger partial charge in [0.15, 0.2) is 0 Å². The van der Waals surface area contributed by atoms with E-state index in [1.165, 1.54) is 7.11 Å². The van der Waals surface area contributed by atoms with E-state index in [9.17, 15) is 19.5 Å². The summed E-state index contributed by atoms with van der Waals surface area (Å²) in [6.45, 7) is 14.3. The van der Waals surface area contributed by atoms with Crippen molar-refractivity contribution in [2.24, 2.45) is 17.8 Å². The molecule has 1 saturated heterocycles. The molecule has 1 fully saturated rings. The van der Waals surface area contributed by atoms with Crippen LogP contribution in [0.4, 0.5) is 0 Å². The lowest BCUT2D eigenvalue weighted by molar-refractivity contribution is -0.148. The number of likely N-dealkylation sites (N-methyl/N-ethyl adjacent to an activating group) is 1. The number of amides is 2. The molecule has 0 aliphatic carbocycles. The molecule has 0 saturated carbocycles. The largest absolute Gasteiger partial charge is 0.481 e. The summed E-state index contributed by atoms with van der Waals surface area (Å²) in [5.74, 6) is -1.43. The predicted octanol–water partition coefficient (Wildman–Crippen LogP) is 1.85. The van der Waals surface area contributed by atoms with Crippen LogP contribution < -0.4 is 5.32 Å². The quantitative estimate of drug-likeness (QED) is 0.422. The summed E-state index contributed by atoms with van der Waals surface area (Å²) in [7, 11) is 3.15. The first kappa shape index (κ1) is 29.3. The summed E-state index contributed by atoms with van der Waals surface area (Å²) < 4.78 is 10.9. The van der Waals surface area contributed by atoms with Gasteiger partial charge in [-0.05, 0) is 17.8 Å². The van der Waals surface area contributed by atoms with Gasteiger partial charge in [0.2, 0.25) is 11.8 Å². The van der Waals surface area contributed by atoms with Gasteiger partial charge in [-0.3, -0.25) is 19.3 Å². The summed E-state index contributed by atoms with van der Waals surface area (Å²) in [5, 5.41) is 12.4. The van der Waals surface area contributed by atoms with Gasteiger partial charge in [-0.1, -0.05) is 48.0 Å². The summed E-state index contributed by atoms with van der Waals surface area (Å²) >= 11 is 0. The lowest BCUT2D eigenvalue weighted by Gasteiger charge is -2.40. The van der Waals surface area contributed by atoms with Crippen LogP contribution in [0.3, 0.4) is 0 Å². The Bertz CT molecular complexity index is 636. The van der Waals surface area contributed by atoms with E-state index in [1.54, 1.807) is 11.9 Å². The highest BCUT2D eigenvalue weighted by Crippen LogP contribution is 2.23. The molecule has 2 amide bonds. The summed E-state index contributed by atoms with van der Waals surface area (Å²) in [6, 6.07) is -1.50. The van der Waals surface area contributed by atoms with Crippen LogP contribution in [0.25, 0.3) is 0 Å². The molecule has 1 aliphatic heterocycles. The molecule has 2 N–H and O–H groups in total. The van der Waals surface area contributed by atoms with Gasteiger partial charge in [0.1, 0.15) is 6.04 Å². The number of rotatable bonds is 13. The highest BCUT2D eigenvalue weighted by Gasteiger charge is 2.39. The van der Waals surface area contributed by atoms with Gasteiger partial charge in [0.25, 0.3) is 0 Å². The minimum Gasteiger partial charge on any atom is -0.481 e. The second kappa shape index (κ2) is 13.9. The Morgan fingerprint density at radius 2 is 1.67 bits per heavy atom. The molecule has 1 aliphatic rings. The van der Waals surface area contributed by atoms with Crippen LogP contribution in [0.1, 0.15) is 54.4 Å². The lowest BCUT2D eigenvalue weighted by Crippen LogP contribution is -2.60. The maximum atomic E-state index is 13.6. The van der Waals surface area contributed by atoms with Crippen molar-refractivity contribution in [3.63, 3.8) is 0 Å². The van der Waals surface area contributed by atoms with Crippen LogP contribution in [0, 0.1) is 17.8 Å². The molecular weight excluding hydrogens is 426 g/mol. The van der Waals surface area contributed by atoms with Gasteiger partial charge in [0.05, 0.1) is 37.8 Å². The maximum Gasteiger partial charge on any atom is 0.306 e. The third kappa shape index (κ3) is 8.22. The molecule has 0 bridgehead atoms. The number of carbonyl (C=O) groups excluding carboxylic acids is 2. The number of ether oxygens (including phenoxy) is 2. The van der Waals surface area contributed by atoms with E-state index in [0.717, 1.165) is 6.42 Å². The molecule has 0 aromatic rings. The van der Waals surface area contributed by atoms with Crippen LogP contribution in [-0.2, 0) is 23.9 Å². The van der Waals surface area contributed by atoms with Crippen molar-refractivity contribution in [2.75, 3.05) is 40.5 Å². The summed E-state index contributed by atoms with van der Waals surface area (Å²) in [6.07, 6.45) is -0.0898. The highest BCUT2D eigenvalue weighted by molar-refractivity contribution is 5.90. The number of morpholine rings is 1. The normalized spacial score (nSPS) is 19.6. The van der Waals surface area contributed by atoms with Crippen LogP contribution in [0.15, 0.2) is 0 Å². The molecule has 0 aromatic heterocycles. The Morgan fingerprint density at radius 1 is 1.09 bits per heavy atom. The minimum absolute atomic E-state index is 0.0172. The molecule has 0 spiro atoms. The smallest absolute Gasteiger partial charge is 0.306 e. The van der Waals surface area contributed by atoms with Crippen LogP contribution >= 0.6 is 0 Å². The molecule has 5 atom stereocenters. The number of carbonyl (C=O) groups is 3. The standard InChI is InChI=1S/C24H45N3O6/c1-9-17(6)22(18(32-8)14-19(28)29)26(7)24(31)20(15(2)3)25-23(30)21(16(4)5)27-10-12-33-13-11-27/h15-18,20-22H,9-14H2,1-8H3,(H,25,30)(H,28,29)/t17-,18+,20-,21-,22-/m0/s1. The molecular formula is C24H45N3O6. The topological polar surface area (TPSA) is 108 Å². The van der Waals surface area contributed by atoms with Crippen molar-refractivity contribution in [2.45, 2.75) is 78.6 Å². The van der Waals surface area contributed by atoms with E-state index in [0.29, 0.717) is 26.3 Å². The Labute approximate surface area is 199 Å². The van der Waals surface area contributed by atoms with E-state index in [-0.39, 0.29) is 42.0 Å². The van der Waals surface area contributed by atoms with Crippen molar-refractivity contribution in [3.05, 3.63) is 0 Å². The Kier molecular flexibility index (Phi) is 12.3. The zero-order valence-corrected chi connectivity index (χ0v) is 21.7. The number of hydrogen-bond acceptors (Lipinski definition) is 6. The van der Waals surface area contributed by atoms with Gasteiger partial charge >= 0.3 is 5.97 Å². The maximum absolute atomic E-state index is 13.6. The van der Waals surface area contributed by atoms with Crippen molar-refractivity contribution < 1.29 is 29.0 Å². The van der Waals surface area contributed by atoms with E-state index < -0.39 is 24.2 Å². The van der Waals surface area contributed by atoms with Gasteiger partial charge in [-0.2, -0.15) is 0 Å². The van der Waals surface area contributed by atoms with Crippen molar-refractivity contribution in [1.29, 1.82) is 0 Å². The first-order valence-corrected chi connectivity index (χ1v) is 12.1. The number of nitrogens with zero attached hydrogens (tertiary/aromatic N) is 2.